The summed E-state index contributed by atoms with van der Waals surface area (Å²) in [5, 5.41) is 8.69. The van der Waals surface area contributed by atoms with Gasteiger partial charge in [-0.1, -0.05) is 35.8 Å². The van der Waals surface area contributed by atoms with Crippen LogP contribution in [0.15, 0.2) is 46.3 Å². The summed E-state index contributed by atoms with van der Waals surface area (Å²) in [6.45, 7) is 3.61. The lowest BCUT2D eigenvalue weighted by molar-refractivity contribution is 0.0507. The fourth-order valence-corrected chi connectivity index (χ4v) is 5.04. The van der Waals surface area contributed by atoms with Crippen LogP contribution < -0.4 is 14.8 Å². The average Bonchev–Trinajstić information content (AvgIpc) is 3.50. The van der Waals surface area contributed by atoms with Crippen LogP contribution in [-0.2, 0) is 4.74 Å². The Hall–Kier alpha value is -3.89. The molecule has 0 aliphatic heterocycles. The van der Waals surface area contributed by atoms with Gasteiger partial charge in [-0.3, -0.25) is 4.79 Å². The summed E-state index contributed by atoms with van der Waals surface area (Å²) in [5.74, 6) is -0.756. The van der Waals surface area contributed by atoms with Gasteiger partial charge in [0.2, 0.25) is 0 Å². The van der Waals surface area contributed by atoms with Crippen molar-refractivity contribution in [2.45, 2.75) is 20.3 Å². The van der Waals surface area contributed by atoms with Crippen LogP contribution in [0, 0.1) is 12.7 Å². The molecule has 0 unspecified atom stereocenters. The van der Waals surface area contributed by atoms with Crippen molar-refractivity contribution in [2.24, 2.45) is 0 Å². The van der Waals surface area contributed by atoms with E-state index >= 15 is 0 Å². The second kappa shape index (κ2) is 11.7. The van der Waals surface area contributed by atoms with E-state index in [1.54, 1.807) is 23.6 Å². The Morgan fingerprint density at radius 3 is 2.58 bits per heavy atom. The Bertz CT molecular complexity index is 1480. The van der Waals surface area contributed by atoms with Gasteiger partial charge in [-0.2, -0.15) is 0 Å². The van der Waals surface area contributed by atoms with Crippen LogP contribution in [0.5, 0.6) is 11.5 Å². The molecular formula is C27H24ClFN2O6S. The second-order valence-corrected chi connectivity index (χ2v) is 9.36. The van der Waals surface area contributed by atoms with Crippen LogP contribution in [-0.4, -0.2) is 37.9 Å². The highest BCUT2D eigenvalue weighted by molar-refractivity contribution is 7.15. The summed E-state index contributed by atoms with van der Waals surface area (Å²) in [6.07, 6.45) is 0.621. The predicted octanol–water partition coefficient (Wildman–Crippen LogP) is 7.01. The standard InChI is InChI=1S/C27H24ClFN2O6S/c1-5-11-36-27(33)22-16(15-9-10-19(34-3)20(12-15)35-4)13-38-26(22)30-25(32)21-14(2)37-31-24(21)23-17(28)7-6-8-18(23)29/h6-10,12-13H,5,11H2,1-4H3,(H,30,32). The van der Waals surface area contributed by atoms with Crippen molar-refractivity contribution in [1.29, 1.82) is 0 Å². The molecule has 4 rings (SSSR count). The summed E-state index contributed by atoms with van der Waals surface area (Å²) in [5.41, 5.74) is 1.25. The van der Waals surface area contributed by atoms with E-state index < -0.39 is 17.7 Å². The molecule has 0 atom stereocenters. The largest absolute Gasteiger partial charge is 0.493 e. The molecule has 38 heavy (non-hydrogen) atoms. The van der Waals surface area contributed by atoms with Gasteiger partial charge in [0.15, 0.2) is 11.5 Å². The SMILES string of the molecule is CCCOC(=O)c1c(-c2ccc(OC)c(OC)c2)csc1NC(=O)c1c(-c2c(F)cccc2Cl)noc1C. The Kier molecular flexibility index (Phi) is 8.33. The maximum atomic E-state index is 14.6. The fraction of sp³-hybridized carbons (Fsp3) is 0.222. The highest BCUT2D eigenvalue weighted by Gasteiger charge is 2.29. The third kappa shape index (κ3) is 5.23. The van der Waals surface area contributed by atoms with Gasteiger partial charge in [0, 0.05) is 10.9 Å². The highest BCUT2D eigenvalue weighted by Crippen LogP contribution is 2.40. The molecule has 2 aromatic carbocycles. The second-order valence-electron chi connectivity index (χ2n) is 8.07. The number of benzene rings is 2. The molecule has 0 fully saturated rings. The number of methoxy groups -OCH3 is 2. The van der Waals surface area contributed by atoms with Crippen molar-refractivity contribution in [3.8, 4) is 33.9 Å². The van der Waals surface area contributed by atoms with Gasteiger partial charge in [-0.05, 0) is 43.2 Å². The van der Waals surface area contributed by atoms with Crippen LogP contribution in [0.4, 0.5) is 9.39 Å². The molecule has 8 nitrogen and oxygen atoms in total. The van der Waals surface area contributed by atoms with Crippen molar-refractivity contribution < 1.29 is 32.7 Å². The summed E-state index contributed by atoms with van der Waals surface area (Å²) < 4.78 is 36.0. The molecular weight excluding hydrogens is 535 g/mol. The number of halogens is 2. The van der Waals surface area contributed by atoms with Gasteiger partial charge in [0.1, 0.15) is 33.4 Å². The lowest BCUT2D eigenvalue weighted by atomic mass is 10.0. The maximum Gasteiger partial charge on any atom is 0.341 e. The van der Waals surface area contributed by atoms with Crippen molar-refractivity contribution in [2.75, 3.05) is 26.1 Å². The molecule has 0 aliphatic rings. The number of ether oxygens (including phenoxy) is 3. The van der Waals surface area contributed by atoms with E-state index in [1.165, 1.54) is 39.3 Å². The lowest BCUT2D eigenvalue weighted by Gasteiger charge is -2.12. The van der Waals surface area contributed by atoms with Crippen LogP contribution in [0.3, 0.4) is 0 Å². The van der Waals surface area contributed by atoms with Crippen molar-refractivity contribution >= 4 is 39.8 Å². The monoisotopic (exact) mass is 558 g/mol. The van der Waals surface area contributed by atoms with Gasteiger partial charge in [-0.25, -0.2) is 9.18 Å². The molecule has 0 saturated heterocycles. The van der Waals surface area contributed by atoms with Gasteiger partial charge >= 0.3 is 5.97 Å². The van der Waals surface area contributed by atoms with E-state index in [9.17, 15) is 14.0 Å². The van der Waals surface area contributed by atoms with E-state index in [1.807, 2.05) is 6.92 Å². The fourth-order valence-electron chi connectivity index (χ4n) is 3.84. The molecule has 1 amide bonds. The quantitative estimate of drug-likeness (QED) is 0.221. The molecule has 2 aromatic heterocycles. The molecule has 1 N–H and O–H groups in total. The third-order valence-corrected chi connectivity index (χ3v) is 6.85. The first-order valence-electron chi connectivity index (χ1n) is 11.5. The van der Waals surface area contributed by atoms with Crippen LogP contribution in [0.1, 0.15) is 39.8 Å². The van der Waals surface area contributed by atoms with Crippen molar-refractivity contribution in [3.05, 3.63) is 69.5 Å². The normalized spacial score (nSPS) is 10.8. The zero-order chi connectivity index (χ0) is 27.4. The van der Waals surface area contributed by atoms with E-state index in [-0.39, 0.29) is 44.8 Å². The number of hydrogen-bond acceptors (Lipinski definition) is 8. The number of hydrogen-bond donors (Lipinski definition) is 1. The van der Waals surface area contributed by atoms with Crippen molar-refractivity contribution in [3.63, 3.8) is 0 Å². The number of thiophene rings is 1. The first-order chi connectivity index (χ1) is 18.3. The van der Waals surface area contributed by atoms with Crippen molar-refractivity contribution in [1.82, 2.24) is 5.16 Å². The zero-order valence-corrected chi connectivity index (χ0v) is 22.6. The first-order valence-corrected chi connectivity index (χ1v) is 12.8. The number of aryl methyl sites for hydroxylation is 1. The molecule has 0 bridgehead atoms. The Morgan fingerprint density at radius 2 is 1.89 bits per heavy atom. The van der Waals surface area contributed by atoms with Crippen LogP contribution in [0.2, 0.25) is 5.02 Å². The Balaban J connectivity index is 1.77. The van der Waals surface area contributed by atoms with Gasteiger partial charge in [0.05, 0.1) is 31.4 Å². The van der Waals surface area contributed by atoms with Crippen LogP contribution in [0.25, 0.3) is 22.4 Å². The summed E-state index contributed by atoms with van der Waals surface area (Å²) in [7, 11) is 3.04. The molecule has 11 heteroatoms. The zero-order valence-electron chi connectivity index (χ0n) is 21.0. The predicted molar refractivity (Wildman–Crippen MR) is 143 cm³/mol. The maximum absolute atomic E-state index is 14.6. The van der Waals surface area contributed by atoms with E-state index in [4.69, 9.17) is 30.3 Å². The molecule has 198 valence electrons. The molecule has 0 spiro atoms. The number of carbonyl (C=O) groups excluding carboxylic acids is 2. The van der Waals surface area contributed by atoms with Gasteiger partial charge in [-0.15, -0.1) is 11.3 Å². The van der Waals surface area contributed by atoms with Gasteiger partial charge in [0.25, 0.3) is 5.91 Å². The first kappa shape index (κ1) is 27.2. The summed E-state index contributed by atoms with van der Waals surface area (Å²) in [4.78, 5) is 26.6. The number of aromatic nitrogens is 1. The number of esters is 1. The number of nitrogens with one attached hydrogen (secondary N) is 1. The minimum atomic E-state index is -0.657. The number of anilines is 1. The van der Waals surface area contributed by atoms with Crippen LogP contribution >= 0.6 is 22.9 Å². The minimum absolute atomic E-state index is 0.00839. The number of carbonyl (C=O) groups is 2. The Morgan fingerprint density at radius 1 is 1.13 bits per heavy atom. The van der Waals surface area contributed by atoms with E-state index in [0.717, 1.165) is 11.3 Å². The lowest BCUT2D eigenvalue weighted by Crippen LogP contribution is -2.16. The number of rotatable bonds is 9. The minimum Gasteiger partial charge on any atom is -0.493 e. The summed E-state index contributed by atoms with van der Waals surface area (Å²) in [6, 6.07) is 9.37. The number of nitrogens with zero attached hydrogens (tertiary/aromatic N) is 1. The average molecular weight is 559 g/mol. The molecule has 0 saturated carbocycles. The Labute approximate surface area is 227 Å². The van der Waals surface area contributed by atoms with E-state index in [0.29, 0.717) is 29.0 Å². The van der Waals surface area contributed by atoms with E-state index in [2.05, 4.69) is 10.5 Å². The molecule has 0 radical (unpaired) electrons. The summed E-state index contributed by atoms with van der Waals surface area (Å²) >= 11 is 7.35. The van der Waals surface area contributed by atoms with Gasteiger partial charge < -0.3 is 24.1 Å². The third-order valence-electron chi connectivity index (χ3n) is 5.64. The number of amides is 1. The smallest absolute Gasteiger partial charge is 0.341 e. The molecule has 2 heterocycles. The molecule has 0 aliphatic carbocycles. The molecule has 4 aromatic rings. The highest BCUT2D eigenvalue weighted by atomic mass is 35.5. The topological polar surface area (TPSA) is 99.9 Å².